The second-order valence-corrected chi connectivity index (χ2v) is 7.99. The quantitative estimate of drug-likeness (QED) is 0.369. The van der Waals surface area contributed by atoms with Gasteiger partial charge in [-0.05, 0) is 31.7 Å². The number of urea groups is 1. The first-order valence-corrected chi connectivity index (χ1v) is 10.3. The monoisotopic (exact) mass is 485 g/mol. The summed E-state index contributed by atoms with van der Waals surface area (Å²) in [4.78, 5) is 20.3. The van der Waals surface area contributed by atoms with E-state index in [1.807, 2.05) is 0 Å². The zero-order valence-electron chi connectivity index (χ0n) is 17.7. The molecule has 1 unspecified atom stereocenters. The largest absolute Gasteiger partial charge is 0.455 e. The highest BCUT2D eigenvalue weighted by Crippen LogP contribution is 2.39. The number of hydrogen-bond donors (Lipinski definition) is 4. The number of halogens is 5. The Hall–Kier alpha value is -3.48. The molecule has 2 heterocycles. The molecule has 0 bridgehead atoms. The molecule has 8 nitrogen and oxygen atoms in total. The van der Waals surface area contributed by atoms with Crippen LogP contribution in [0.25, 0.3) is 11.0 Å². The number of aliphatic hydroxyl groups is 1. The summed E-state index contributed by atoms with van der Waals surface area (Å²) < 4.78 is 73.8. The lowest BCUT2D eigenvalue weighted by atomic mass is 10.1. The van der Waals surface area contributed by atoms with Crippen LogP contribution in [0.5, 0.6) is 0 Å². The van der Waals surface area contributed by atoms with Gasteiger partial charge in [0.25, 0.3) is 0 Å². The summed E-state index contributed by atoms with van der Waals surface area (Å²) in [7, 11) is 0. The number of aliphatic hydroxyl groups excluding tert-OH is 1. The molecule has 13 heteroatoms. The third-order valence-electron chi connectivity index (χ3n) is 5.47. The molecule has 3 aromatic rings. The van der Waals surface area contributed by atoms with Crippen LogP contribution < -0.4 is 16.0 Å². The topological polar surface area (TPSA) is 112 Å². The van der Waals surface area contributed by atoms with E-state index in [9.17, 15) is 31.9 Å². The summed E-state index contributed by atoms with van der Waals surface area (Å²) in [6.07, 6.45) is -0.681. The van der Waals surface area contributed by atoms with E-state index >= 15 is 0 Å². The Bertz CT molecular complexity index is 1190. The minimum Gasteiger partial charge on any atom is -0.455 e. The highest BCUT2D eigenvalue weighted by molar-refractivity contribution is 5.89. The smallest absolute Gasteiger partial charge is 0.416 e. The molecular weight excluding hydrogens is 465 g/mol. The van der Waals surface area contributed by atoms with Crippen molar-refractivity contribution in [3.8, 4) is 0 Å². The van der Waals surface area contributed by atoms with Gasteiger partial charge in [-0.15, -0.1) is 0 Å². The molecule has 4 N–H and O–H groups in total. The minimum absolute atomic E-state index is 0.00499. The van der Waals surface area contributed by atoms with Crippen molar-refractivity contribution in [2.45, 2.75) is 38.0 Å². The molecule has 4 rings (SSSR count). The lowest BCUT2D eigenvalue weighted by Crippen LogP contribution is -2.40. The van der Waals surface area contributed by atoms with Gasteiger partial charge in [-0.3, -0.25) is 0 Å². The van der Waals surface area contributed by atoms with Crippen LogP contribution in [-0.4, -0.2) is 39.9 Å². The number of alkyl halides is 3. The molecule has 2 aromatic heterocycles. The molecule has 1 aliphatic rings. The van der Waals surface area contributed by atoms with Crippen LogP contribution in [0.3, 0.4) is 0 Å². The number of amides is 2. The Morgan fingerprint density at radius 2 is 1.91 bits per heavy atom. The number of carbonyl (C=O) groups is 1. The van der Waals surface area contributed by atoms with E-state index in [1.165, 1.54) is 19.3 Å². The average molecular weight is 485 g/mol. The maximum atomic E-state index is 14.0. The van der Waals surface area contributed by atoms with E-state index in [1.54, 1.807) is 5.32 Å². The number of fused-ring (bicyclic) bond motifs is 1. The van der Waals surface area contributed by atoms with Gasteiger partial charge < -0.3 is 25.5 Å². The van der Waals surface area contributed by atoms with Crippen LogP contribution in [0.1, 0.15) is 30.2 Å². The molecule has 2 atom stereocenters. The second kappa shape index (κ2) is 9.05. The van der Waals surface area contributed by atoms with Crippen molar-refractivity contribution in [2.24, 2.45) is 5.92 Å². The molecule has 1 fully saturated rings. The fraction of sp³-hybridized carbons (Fsp3) is 0.381. The van der Waals surface area contributed by atoms with E-state index in [2.05, 4.69) is 20.6 Å². The minimum atomic E-state index is -5.00. The Kier molecular flexibility index (Phi) is 6.30. The van der Waals surface area contributed by atoms with Crippen LogP contribution >= 0.6 is 0 Å². The summed E-state index contributed by atoms with van der Waals surface area (Å²) in [5.74, 6) is -2.39. The Morgan fingerprint density at radius 1 is 1.24 bits per heavy atom. The lowest BCUT2D eigenvalue weighted by Gasteiger charge is -2.21. The van der Waals surface area contributed by atoms with Crippen LogP contribution in [-0.2, 0) is 0 Å². The molecule has 1 saturated carbocycles. The molecule has 0 saturated heterocycles. The van der Waals surface area contributed by atoms with Crippen molar-refractivity contribution in [3.63, 3.8) is 0 Å². The number of aryl methyl sites for hydroxylation is 1. The van der Waals surface area contributed by atoms with Crippen molar-refractivity contribution < 1.29 is 36.3 Å². The van der Waals surface area contributed by atoms with Crippen molar-refractivity contribution >= 4 is 28.6 Å². The first-order chi connectivity index (χ1) is 16.1. The summed E-state index contributed by atoms with van der Waals surface area (Å²) in [6.45, 7) is 1.10. The number of nitrogens with zero attached hydrogens (tertiary/aromatic N) is 2. The van der Waals surface area contributed by atoms with Crippen LogP contribution in [0, 0.1) is 24.5 Å². The zero-order valence-corrected chi connectivity index (χ0v) is 17.7. The SMILES string of the molecule is Cc1c([C@@H](NC(=O)Nc2cnc(NC(CO)C3CC3)nc2)C(F)(F)F)oc2c(F)cc(F)cc12. The second-order valence-electron chi connectivity index (χ2n) is 7.99. The van der Waals surface area contributed by atoms with Gasteiger partial charge in [-0.1, -0.05) is 0 Å². The Balaban J connectivity index is 1.49. The predicted molar refractivity (Wildman–Crippen MR) is 111 cm³/mol. The molecule has 1 aromatic carbocycles. The molecule has 34 heavy (non-hydrogen) atoms. The number of hydrogen-bond acceptors (Lipinski definition) is 6. The van der Waals surface area contributed by atoms with E-state index in [4.69, 9.17) is 4.42 Å². The van der Waals surface area contributed by atoms with Gasteiger partial charge in [0.15, 0.2) is 17.4 Å². The number of furan rings is 1. The Morgan fingerprint density at radius 3 is 2.50 bits per heavy atom. The third-order valence-corrected chi connectivity index (χ3v) is 5.47. The van der Waals surface area contributed by atoms with Gasteiger partial charge in [-0.2, -0.15) is 13.2 Å². The fourth-order valence-corrected chi connectivity index (χ4v) is 3.58. The van der Waals surface area contributed by atoms with Crippen LogP contribution in [0.15, 0.2) is 28.9 Å². The first kappa shape index (κ1) is 23.7. The lowest BCUT2D eigenvalue weighted by molar-refractivity contribution is -0.158. The maximum Gasteiger partial charge on any atom is 0.416 e. The summed E-state index contributed by atoms with van der Waals surface area (Å²) in [5, 5.41) is 16.1. The maximum absolute atomic E-state index is 14.0. The Labute approximate surface area is 189 Å². The molecule has 2 amide bonds. The summed E-state index contributed by atoms with van der Waals surface area (Å²) >= 11 is 0. The van der Waals surface area contributed by atoms with Gasteiger partial charge in [0.2, 0.25) is 5.95 Å². The van der Waals surface area contributed by atoms with E-state index in [0.29, 0.717) is 12.0 Å². The molecule has 1 aliphatic carbocycles. The van der Waals surface area contributed by atoms with Crippen molar-refractivity contribution in [3.05, 3.63) is 47.5 Å². The standard InChI is InChI=1S/C21H20F5N5O3/c1-9-13-4-11(22)5-14(23)17(13)34-16(9)18(21(24,25)26)31-20(33)29-12-6-27-19(28-7-12)30-15(8-32)10-2-3-10/h4-7,10,15,18,32H,2-3,8H2,1H3,(H,27,28,30)(H2,29,31,33)/t15?,18-/m1/s1. The number of nitrogens with one attached hydrogen (secondary N) is 3. The van der Waals surface area contributed by atoms with Crippen molar-refractivity contribution in [2.75, 3.05) is 17.2 Å². The van der Waals surface area contributed by atoms with Crippen molar-refractivity contribution in [1.29, 1.82) is 0 Å². The van der Waals surface area contributed by atoms with E-state index in [0.717, 1.165) is 18.9 Å². The molecular formula is C21H20F5N5O3. The summed E-state index contributed by atoms with van der Waals surface area (Å²) in [5.41, 5.74) is -0.705. The van der Waals surface area contributed by atoms with Gasteiger partial charge in [0, 0.05) is 17.0 Å². The highest BCUT2D eigenvalue weighted by atomic mass is 19.4. The van der Waals surface area contributed by atoms with E-state index in [-0.39, 0.29) is 35.2 Å². The molecule has 0 radical (unpaired) electrons. The van der Waals surface area contributed by atoms with Gasteiger partial charge in [-0.25, -0.2) is 23.5 Å². The van der Waals surface area contributed by atoms with Gasteiger partial charge in [0.1, 0.15) is 11.6 Å². The van der Waals surface area contributed by atoms with Gasteiger partial charge >= 0.3 is 12.2 Å². The third kappa shape index (κ3) is 5.03. The summed E-state index contributed by atoms with van der Waals surface area (Å²) in [6, 6.07) is -2.74. The normalized spacial score (nSPS) is 15.7. The first-order valence-electron chi connectivity index (χ1n) is 10.3. The van der Waals surface area contributed by atoms with Crippen molar-refractivity contribution in [1.82, 2.24) is 15.3 Å². The van der Waals surface area contributed by atoms with Crippen LogP contribution in [0.2, 0.25) is 0 Å². The molecule has 182 valence electrons. The number of carbonyl (C=O) groups excluding carboxylic acids is 1. The molecule has 0 aliphatic heterocycles. The number of rotatable bonds is 7. The fourth-order valence-electron chi connectivity index (χ4n) is 3.58. The molecule has 0 spiro atoms. The van der Waals surface area contributed by atoms with Gasteiger partial charge in [0.05, 0.1) is 30.7 Å². The number of benzene rings is 1. The average Bonchev–Trinajstić information content (AvgIpc) is 3.55. The number of anilines is 2. The van der Waals surface area contributed by atoms with Crippen LogP contribution in [0.4, 0.5) is 38.4 Å². The predicted octanol–water partition coefficient (Wildman–Crippen LogP) is 4.42. The van der Waals surface area contributed by atoms with E-state index < -0.39 is 41.2 Å². The number of aromatic nitrogens is 2. The zero-order chi connectivity index (χ0) is 24.6. The highest BCUT2D eigenvalue weighted by Gasteiger charge is 2.45.